The quantitative estimate of drug-likeness (QED) is 0.593. The number of Topliss-reactive ketones (excluding diaryl/α,β-unsaturated/α-hetero) is 1. The number of hydrogen-bond acceptors (Lipinski definition) is 1. The van der Waals surface area contributed by atoms with E-state index in [0.29, 0.717) is 12.3 Å². The maximum Gasteiger partial charge on any atom is 0.133 e. The summed E-state index contributed by atoms with van der Waals surface area (Å²) in [5.74, 6) is 0.791. The van der Waals surface area contributed by atoms with Gasteiger partial charge in [0.15, 0.2) is 0 Å². The molecule has 0 spiro atoms. The van der Waals surface area contributed by atoms with E-state index < -0.39 is 0 Å². The molecule has 0 aromatic rings. The number of ketones is 1. The normalized spacial score (nSPS) is 25.9. The van der Waals surface area contributed by atoms with Gasteiger partial charge in [0.05, 0.1) is 0 Å². The molecule has 0 N–H and O–H groups in total. The fourth-order valence-corrected chi connectivity index (χ4v) is 1.75. The first-order valence-corrected chi connectivity index (χ1v) is 4.95. The fourth-order valence-electron chi connectivity index (χ4n) is 1.75. The minimum atomic E-state index is 0.256. The van der Waals surface area contributed by atoms with Crippen LogP contribution in [0.5, 0.6) is 0 Å². The average Bonchev–Trinajstić information content (AvgIpc) is 2.02. The summed E-state index contributed by atoms with van der Waals surface area (Å²) in [6.45, 7) is 6.03. The molecule has 0 bridgehead atoms. The van der Waals surface area contributed by atoms with Gasteiger partial charge in [0, 0.05) is 6.42 Å². The predicted octanol–water partition coefficient (Wildman–Crippen LogP) is 3.27. The molecule has 1 atom stereocenters. The third kappa shape index (κ3) is 3.17. The van der Waals surface area contributed by atoms with Crippen LogP contribution >= 0.6 is 0 Å². The molecule has 1 nitrogen and oxygen atoms in total. The van der Waals surface area contributed by atoms with E-state index in [0.717, 1.165) is 12.8 Å². The van der Waals surface area contributed by atoms with Crippen LogP contribution in [0.15, 0.2) is 23.3 Å². The maximum atomic E-state index is 10.8. The Morgan fingerprint density at radius 1 is 1.62 bits per heavy atom. The van der Waals surface area contributed by atoms with Gasteiger partial charge >= 0.3 is 0 Å². The molecule has 0 saturated carbocycles. The van der Waals surface area contributed by atoms with Crippen molar-refractivity contribution in [3.05, 3.63) is 23.3 Å². The lowest BCUT2D eigenvalue weighted by atomic mass is 9.87. The Kier molecular flexibility index (Phi) is 3.47. The average molecular weight is 178 g/mol. The molecule has 0 amide bonds. The summed E-state index contributed by atoms with van der Waals surface area (Å²) in [6, 6.07) is 0. The van der Waals surface area contributed by atoms with E-state index in [9.17, 15) is 4.79 Å². The first kappa shape index (κ1) is 10.2. The lowest BCUT2D eigenvalue weighted by molar-refractivity contribution is -0.116. The molecule has 1 aliphatic rings. The van der Waals surface area contributed by atoms with Gasteiger partial charge in [-0.15, -0.1) is 0 Å². The Morgan fingerprint density at radius 2 is 2.31 bits per heavy atom. The monoisotopic (exact) mass is 178 g/mol. The van der Waals surface area contributed by atoms with Crippen molar-refractivity contribution in [2.45, 2.75) is 40.0 Å². The van der Waals surface area contributed by atoms with Crippen molar-refractivity contribution in [3.8, 4) is 0 Å². The maximum absolute atomic E-state index is 10.8. The predicted molar refractivity (Wildman–Crippen MR) is 55.5 cm³/mol. The fraction of sp³-hybridized carbons (Fsp3) is 0.583. The topological polar surface area (TPSA) is 17.1 Å². The summed E-state index contributed by atoms with van der Waals surface area (Å²) in [5.41, 5.74) is 2.91. The highest BCUT2D eigenvalue weighted by molar-refractivity contribution is 5.77. The molecule has 0 heterocycles. The van der Waals surface area contributed by atoms with Crippen molar-refractivity contribution in [1.29, 1.82) is 0 Å². The summed E-state index contributed by atoms with van der Waals surface area (Å²) in [5, 5.41) is 0. The highest BCUT2D eigenvalue weighted by Crippen LogP contribution is 2.27. The molecule has 0 radical (unpaired) electrons. The first-order valence-electron chi connectivity index (χ1n) is 4.95. The summed E-state index contributed by atoms with van der Waals surface area (Å²) >= 11 is 0. The Balaban J connectivity index is 2.62. The second kappa shape index (κ2) is 4.40. The van der Waals surface area contributed by atoms with Crippen LogP contribution in [0.1, 0.15) is 40.0 Å². The molecule has 0 aromatic carbocycles. The standard InChI is InChI=1S/C12H18O/c1-9-4-6-12(10(2)8-9)7-5-11(3)13/h7-8,10H,4-6H2,1-3H3. The molecule has 0 aromatic heterocycles. The largest absolute Gasteiger partial charge is 0.300 e. The minimum absolute atomic E-state index is 0.256. The van der Waals surface area contributed by atoms with Gasteiger partial charge in [-0.2, -0.15) is 0 Å². The van der Waals surface area contributed by atoms with E-state index in [2.05, 4.69) is 26.0 Å². The highest BCUT2D eigenvalue weighted by atomic mass is 16.1. The number of allylic oxidation sites excluding steroid dienone is 4. The molecule has 0 fully saturated rings. The zero-order valence-electron chi connectivity index (χ0n) is 8.76. The summed E-state index contributed by atoms with van der Waals surface area (Å²) in [7, 11) is 0. The second-order valence-electron chi connectivity index (χ2n) is 3.99. The highest BCUT2D eigenvalue weighted by Gasteiger charge is 2.11. The van der Waals surface area contributed by atoms with Crippen LogP contribution in [0.4, 0.5) is 0 Å². The molecule has 1 heteroatoms. The second-order valence-corrected chi connectivity index (χ2v) is 3.99. The van der Waals surface area contributed by atoms with Crippen molar-refractivity contribution >= 4 is 5.78 Å². The van der Waals surface area contributed by atoms with Gasteiger partial charge in [-0.25, -0.2) is 0 Å². The lowest BCUT2D eigenvalue weighted by Gasteiger charge is -2.19. The van der Waals surface area contributed by atoms with Crippen molar-refractivity contribution in [3.63, 3.8) is 0 Å². The van der Waals surface area contributed by atoms with E-state index in [4.69, 9.17) is 0 Å². The van der Waals surface area contributed by atoms with Crippen LogP contribution in [0, 0.1) is 5.92 Å². The smallest absolute Gasteiger partial charge is 0.133 e. The number of rotatable bonds is 2. The van der Waals surface area contributed by atoms with E-state index in [-0.39, 0.29) is 5.78 Å². The summed E-state index contributed by atoms with van der Waals surface area (Å²) in [6.07, 6.45) is 7.31. The molecule has 1 unspecified atom stereocenters. The van der Waals surface area contributed by atoms with Crippen LogP contribution in [-0.4, -0.2) is 5.78 Å². The van der Waals surface area contributed by atoms with E-state index in [1.807, 2.05) is 0 Å². The van der Waals surface area contributed by atoms with E-state index >= 15 is 0 Å². The van der Waals surface area contributed by atoms with E-state index in [1.165, 1.54) is 11.1 Å². The van der Waals surface area contributed by atoms with Crippen LogP contribution in [0.3, 0.4) is 0 Å². The van der Waals surface area contributed by atoms with Crippen LogP contribution in [0.25, 0.3) is 0 Å². The Bertz CT molecular complexity index is 258. The summed E-state index contributed by atoms with van der Waals surface area (Å²) < 4.78 is 0. The van der Waals surface area contributed by atoms with Crippen molar-refractivity contribution < 1.29 is 4.79 Å². The van der Waals surface area contributed by atoms with Gasteiger partial charge in [-0.1, -0.05) is 30.2 Å². The van der Waals surface area contributed by atoms with Crippen molar-refractivity contribution in [1.82, 2.24) is 0 Å². The van der Waals surface area contributed by atoms with Gasteiger partial charge in [-0.05, 0) is 32.6 Å². The summed E-state index contributed by atoms with van der Waals surface area (Å²) in [4.78, 5) is 10.8. The Labute approximate surface area is 80.5 Å². The third-order valence-electron chi connectivity index (χ3n) is 2.58. The Morgan fingerprint density at radius 3 is 2.85 bits per heavy atom. The van der Waals surface area contributed by atoms with Crippen molar-refractivity contribution in [2.75, 3.05) is 0 Å². The molecule has 1 aliphatic carbocycles. The molecule has 0 saturated heterocycles. The molecular weight excluding hydrogens is 160 g/mol. The van der Waals surface area contributed by atoms with Crippen LogP contribution < -0.4 is 0 Å². The van der Waals surface area contributed by atoms with Crippen LogP contribution in [-0.2, 0) is 4.79 Å². The zero-order valence-corrected chi connectivity index (χ0v) is 8.76. The number of carbonyl (C=O) groups excluding carboxylic acids is 1. The molecular formula is C12H18O. The van der Waals surface area contributed by atoms with Gasteiger partial charge < -0.3 is 0 Å². The minimum Gasteiger partial charge on any atom is -0.300 e. The van der Waals surface area contributed by atoms with Gasteiger partial charge in [0.2, 0.25) is 0 Å². The van der Waals surface area contributed by atoms with Crippen molar-refractivity contribution in [2.24, 2.45) is 5.92 Å². The van der Waals surface area contributed by atoms with Gasteiger partial charge in [0.25, 0.3) is 0 Å². The number of carbonyl (C=O) groups is 1. The number of hydrogen-bond donors (Lipinski definition) is 0. The first-order chi connectivity index (χ1) is 6.09. The SMILES string of the molecule is CC(=O)CC=C1CCC(C)=CC1C. The van der Waals surface area contributed by atoms with Gasteiger partial charge in [-0.3, -0.25) is 4.79 Å². The third-order valence-corrected chi connectivity index (χ3v) is 2.58. The molecule has 72 valence electrons. The molecule has 1 rings (SSSR count). The van der Waals surface area contributed by atoms with E-state index in [1.54, 1.807) is 6.92 Å². The lowest BCUT2D eigenvalue weighted by Crippen LogP contribution is -2.04. The van der Waals surface area contributed by atoms with Crippen LogP contribution in [0.2, 0.25) is 0 Å². The Hall–Kier alpha value is -0.850. The molecule has 0 aliphatic heterocycles. The molecule has 13 heavy (non-hydrogen) atoms. The zero-order chi connectivity index (χ0) is 9.84. The van der Waals surface area contributed by atoms with Gasteiger partial charge in [0.1, 0.15) is 5.78 Å².